The number of benzene rings is 2. The minimum atomic E-state index is -0.815. The van der Waals surface area contributed by atoms with Gasteiger partial charge >= 0.3 is 7.12 Å². The van der Waals surface area contributed by atoms with Gasteiger partial charge in [-0.1, -0.05) is 30.3 Å². The lowest BCUT2D eigenvalue weighted by Gasteiger charge is -2.08. The Hall–Kier alpha value is -2.29. The van der Waals surface area contributed by atoms with Crippen LogP contribution in [0.25, 0.3) is 4.85 Å². The Labute approximate surface area is 118 Å². The van der Waals surface area contributed by atoms with Crippen molar-refractivity contribution in [2.75, 3.05) is 5.32 Å². The molecule has 0 spiro atoms. The van der Waals surface area contributed by atoms with E-state index in [1.165, 1.54) is 0 Å². The molecule has 1 heterocycles. The fraction of sp³-hybridized carbons (Fsp3) is 0.133. The number of fused-ring (bicyclic) bond motifs is 1. The smallest absolute Gasteiger partial charge is 0.423 e. The molecule has 0 saturated carbocycles. The molecule has 0 radical (unpaired) electrons. The van der Waals surface area contributed by atoms with E-state index in [1.807, 2.05) is 42.5 Å². The summed E-state index contributed by atoms with van der Waals surface area (Å²) in [4.78, 5) is 3.37. The normalized spacial score (nSPS) is 12.9. The zero-order valence-corrected chi connectivity index (χ0v) is 10.8. The monoisotopic (exact) mass is 264 g/mol. The summed E-state index contributed by atoms with van der Waals surface area (Å²) in [6, 6.07) is 13.4. The van der Waals surface area contributed by atoms with Crippen LogP contribution in [0.1, 0.15) is 11.1 Å². The largest absolute Gasteiger partial charge is 0.491 e. The summed E-state index contributed by atoms with van der Waals surface area (Å²) in [5, 5.41) is 13.0. The molecule has 0 atom stereocenters. The second-order valence-electron chi connectivity index (χ2n) is 4.71. The van der Waals surface area contributed by atoms with Crippen LogP contribution in [0.5, 0.6) is 0 Å². The summed E-state index contributed by atoms with van der Waals surface area (Å²) in [7, 11) is -0.815. The number of nitrogens with zero attached hydrogens (tertiary/aromatic N) is 1. The number of rotatable bonds is 3. The molecule has 1 aliphatic rings. The van der Waals surface area contributed by atoms with Gasteiger partial charge in [-0.15, -0.1) is 0 Å². The topological polar surface area (TPSA) is 45.9 Å². The molecular weight excluding hydrogens is 251 g/mol. The van der Waals surface area contributed by atoms with Gasteiger partial charge in [0.25, 0.3) is 0 Å². The zero-order valence-electron chi connectivity index (χ0n) is 10.8. The highest BCUT2D eigenvalue weighted by Gasteiger charge is 2.27. The van der Waals surface area contributed by atoms with Crippen LogP contribution in [0.4, 0.5) is 11.4 Å². The van der Waals surface area contributed by atoms with Crippen molar-refractivity contribution in [2.24, 2.45) is 0 Å². The summed E-state index contributed by atoms with van der Waals surface area (Å²) in [6.45, 7) is 8.06. The lowest BCUT2D eigenvalue weighted by Crippen LogP contribution is -2.28. The molecule has 0 amide bonds. The van der Waals surface area contributed by atoms with Crippen molar-refractivity contribution < 1.29 is 9.68 Å². The maximum atomic E-state index is 9.67. The van der Waals surface area contributed by atoms with Crippen molar-refractivity contribution in [1.82, 2.24) is 0 Å². The molecule has 0 unspecified atom stereocenters. The number of anilines is 1. The summed E-state index contributed by atoms with van der Waals surface area (Å²) in [5.74, 6) is 0. The van der Waals surface area contributed by atoms with Crippen molar-refractivity contribution in [3.63, 3.8) is 0 Å². The molecule has 20 heavy (non-hydrogen) atoms. The second-order valence-corrected chi connectivity index (χ2v) is 4.71. The minimum absolute atomic E-state index is 0.467. The number of hydrogen-bond acceptors (Lipinski definition) is 3. The van der Waals surface area contributed by atoms with E-state index >= 15 is 0 Å². The lowest BCUT2D eigenvalue weighted by molar-refractivity contribution is 0.275. The fourth-order valence-electron chi connectivity index (χ4n) is 2.22. The van der Waals surface area contributed by atoms with Crippen LogP contribution in [0.2, 0.25) is 0 Å². The molecule has 0 aromatic heterocycles. The molecule has 0 bridgehead atoms. The van der Waals surface area contributed by atoms with E-state index in [2.05, 4.69) is 10.2 Å². The molecule has 2 N–H and O–H groups in total. The molecule has 98 valence electrons. The molecule has 5 heteroatoms. The highest BCUT2D eigenvalue weighted by Crippen LogP contribution is 2.16. The van der Waals surface area contributed by atoms with E-state index in [9.17, 15) is 5.02 Å². The van der Waals surface area contributed by atoms with Gasteiger partial charge in [0, 0.05) is 12.2 Å². The Morgan fingerprint density at radius 2 is 2.05 bits per heavy atom. The van der Waals surface area contributed by atoms with Crippen LogP contribution >= 0.6 is 0 Å². The van der Waals surface area contributed by atoms with Crippen LogP contribution < -0.4 is 10.8 Å². The third-order valence-electron chi connectivity index (χ3n) is 3.37. The molecule has 2 aromatic carbocycles. The molecule has 2 aromatic rings. The molecule has 1 aliphatic heterocycles. The first-order valence-electron chi connectivity index (χ1n) is 6.39. The van der Waals surface area contributed by atoms with E-state index in [1.54, 1.807) is 0 Å². The van der Waals surface area contributed by atoms with Gasteiger partial charge in [0.1, 0.15) is 0 Å². The van der Waals surface area contributed by atoms with E-state index in [4.69, 9.17) is 11.2 Å². The van der Waals surface area contributed by atoms with Crippen LogP contribution in [0, 0.1) is 6.57 Å². The average Bonchev–Trinajstić information content (AvgIpc) is 2.87. The number of hydrogen-bond donors (Lipinski definition) is 2. The summed E-state index contributed by atoms with van der Waals surface area (Å²) < 4.78 is 5.17. The maximum absolute atomic E-state index is 9.67. The van der Waals surface area contributed by atoms with Gasteiger partial charge in [-0.2, -0.15) is 0 Å². The van der Waals surface area contributed by atoms with Gasteiger partial charge in [0.15, 0.2) is 5.69 Å². The Balaban J connectivity index is 1.69. The van der Waals surface area contributed by atoms with E-state index in [0.29, 0.717) is 18.8 Å². The predicted octanol–water partition coefficient (Wildman–Crippen LogP) is 2.07. The zero-order chi connectivity index (χ0) is 13.9. The quantitative estimate of drug-likeness (QED) is 0.659. The van der Waals surface area contributed by atoms with Crippen molar-refractivity contribution in [3.8, 4) is 0 Å². The minimum Gasteiger partial charge on any atom is -0.423 e. The molecule has 0 aliphatic carbocycles. The van der Waals surface area contributed by atoms with Crippen LogP contribution in [-0.2, 0) is 17.8 Å². The van der Waals surface area contributed by atoms with Crippen molar-refractivity contribution in [3.05, 3.63) is 65.0 Å². The van der Waals surface area contributed by atoms with Gasteiger partial charge in [-0.05, 0) is 28.7 Å². The summed E-state index contributed by atoms with van der Waals surface area (Å²) in [6.07, 6.45) is 0. The van der Waals surface area contributed by atoms with E-state index in [0.717, 1.165) is 22.3 Å². The van der Waals surface area contributed by atoms with Gasteiger partial charge < -0.3 is 15.0 Å². The van der Waals surface area contributed by atoms with Crippen LogP contribution in [0.3, 0.4) is 0 Å². The molecule has 0 saturated heterocycles. The third kappa shape index (κ3) is 2.52. The van der Waals surface area contributed by atoms with Crippen LogP contribution in [0.15, 0.2) is 42.5 Å². The highest BCUT2D eigenvalue weighted by atomic mass is 16.5. The summed E-state index contributed by atoms with van der Waals surface area (Å²) >= 11 is 0. The first-order chi connectivity index (χ1) is 9.76. The molecular formula is C15H13BN2O2. The second kappa shape index (κ2) is 5.37. The Bertz CT molecular complexity index is 665. The SMILES string of the molecule is [C-]#[N+]c1ccc(CNc2ccc3c(c2)B(O)OC3)cc1. The van der Waals surface area contributed by atoms with Crippen LogP contribution in [-0.4, -0.2) is 12.1 Å². The Morgan fingerprint density at radius 1 is 1.25 bits per heavy atom. The van der Waals surface area contributed by atoms with Gasteiger partial charge in [-0.3, -0.25) is 0 Å². The Morgan fingerprint density at radius 3 is 2.80 bits per heavy atom. The van der Waals surface area contributed by atoms with Crippen molar-refractivity contribution >= 4 is 24.0 Å². The van der Waals surface area contributed by atoms with E-state index < -0.39 is 7.12 Å². The average molecular weight is 264 g/mol. The molecule has 4 nitrogen and oxygen atoms in total. The summed E-state index contributed by atoms with van der Waals surface area (Å²) in [5.41, 5.74) is 4.56. The standard InChI is InChI=1S/C15H13BN2O2/c1-17-13-5-2-11(3-6-13)9-18-14-7-4-12-10-20-16(19)15(12)8-14/h2-8,18-19H,9-10H2. The highest BCUT2D eigenvalue weighted by molar-refractivity contribution is 6.61. The lowest BCUT2D eigenvalue weighted by atomic mass is 9.79. The molecule has 0 fully saturated rings. The third-order valence-corrected chi connectivity index (χ3v) is 3.37. The van der Waals surface area contributed by atoms with Crippen molar-refractivity contribution in [1.29, 1.82) is 0 Å². The van der Waals surface area contributed by atoms with Gasteiger partial charge in [0.2, 0.25) is 0 Å². The van der Waals surface area contributed by atoms with Crippen molar-refractivity contribution in [2.45, 2.75) is 13.2 Å². The fourth-order valence-corrected chi connectivity index (χ4v) is 2.22. The van der Waals surface area contributed by atoms with E-state index in [-0.39, 0.29) is 0 Å². The first-order valence-corrected chi connectivity index (χ1v) is 6.39. The first kappa shape index (κ1) is 12.7. The molecule has 3 rings (SSSR count). The number of nitrogens with one attached hydrogen (secondary N) is 1. The maximum Gasteiger partial charge on any atom is 0.491 e. The predicted molar refractivity (Wildman–Crippen MR) is 78.9 cm³/mol. The van der Waals surface area contributed by atoms with Gasteiger partial charge in [-0.25, -0.2) is 4.85 Å². The van der Waals surface area contributed by atoms with Gasteiger partial charge in [0.05, 0.1) is 13.2 Å². The Kier molecular flexibility index (Phi) is 3.42.